The molecule has 0 aliphatic carbocycles. The highest BCUT2D eigenvalue weighted by Gasteiger charge is 2.19. The van der Waals surface area contributed by atoms with Crippen molar-refractivity contribution in [2.45, 2.75) is 0 Å². The number of aromatic nitrogens is 4. The van der Waals surface area contributed by atoms with Crippen molar-refractivity contribution in [2.75, 3.05) is 0 Å². The fraction of sp³-hybridized carbons (Fsp3) is 0. The van der Waals surface area contributed by atoms with Crippen LogP contribution in [-0.4, -0.2) is 19.3 Å². The van der Waals surface area contributed by atoms with Gasteiger partial charge in [-0.15, -0.1) is 10.2 Å². The summed E-state index contributed by atoms with van der Waals surface area (Å²) >= 11 is 0. The lowest BCUT2D eigenvalue weighted by Gasteiger charge is -2.16. The molecule has 60 heavy (non-hydrogen) atoms. The number of hydrogen-bond acceptors (Lipinski definition) is 2. The summed E-state index contributed by atoms with van der Waals surface area (Å²) in [4.78, 5) is 0. The van der Waals surface area contributed by atoms with Crippen molar-refractivity contribution >= 4 is 21.8 Å². The van der Waals surface area contributed by atoms with Crippen LogP contribution in [-0.2, 0) is 0 Å². The third-order valence-corrected chi connectivity index (χ3v) is 11.5. The summed E-state index contributed by atoms with van der Waals surface area (Å²) < 4.78 is 4.52. The molecule has 0 unspecified atom stereocenters. The molecular formula is C56H38N4. The Labute approximate surface area is 348 Å². The highest BCUT2D eigenvalue weighted by Crippen LogP contribution is 2.41. The molecule has 2 aromatic heterocycles. The topological polar surface area (TPSA) is 35.6 Å². The van der Waals surface area contributed by atoms with E-state index in [-0.39, 0.29) is 0 Å². The summed E-state index contributed by atoms with van der Waals surface area (Å²) in [6.07, 6.45) is 0. The predicted molar refractivity (Wildman–Crippen MR) is 248 cm³/mol. The second-order valence-corrected chi connectivity index (χ2v) is 15.1. The van der Waals surface area contributed by atoms with Gasteiger partial charge in [0.1, 0.15) is 0 Å². The Morgan fingerprint density at radius 2 is 0.650 bits per heavy atom. The number of benzene rings is 9. The van der Waals surface area contributed by atoms with Crippen LogP contribution in [0.3, 0.4) is 0 Å². The molecule has 0 N–H and O–H groups in total. The van der Waals surface area contributed by atoms with E-state index in [4.69, 9.17) is 10.2 Å². The first kappa shape index (κ1) is 35.1. The minimum absolute atomic E-state index is 0.789. The van der Waals surface area contributed by atoms with Gasteiger partial charge in [-0.3, -0.25) is 4.57 Å². The molecule has 2 heterocycles. The van der Waals surface area contributed by atoms with Gasteiger partial charge in [-0.1, -0.05) is 188 Å². The Kier molecular flexibility index (Phi) is 8.79. The van der Waals surface area contributed by atoms with Gasteiger partial charge < -0.3 is 4.57 Å². The lowest BCUT2D eigenvalue weighted by atomic mass is 9.89. The number of rotatable bonds is 8. The second-order valence-electron chi connectivity index (χ2n) is 15.1. The standard InChI is InChI=1S/C56H38N4/c1-4-16-39(17-5-1)40-28-32-42(33-29-40)55-57-58-56(60(55)46-20-8-3-9-21-46)43-34-30-41(31-35-43)47-22-10-12-24-49(47)50-25-13-11-23-48(50)44-36-37-54-52(38-44)51-26-14-15-27-53(51)59(54)45-18-6-2-7-19-45/h1-38H. The number of para-hydroxylation sites is 3. The fourth-order valence-corrected chi connectivity index (χ4v) is 8.66. The molecule has 0 aliphatic rings. The summed E-state index contributed by atoms with van der Waals surface area (Å²) in [5.74, 6) is 1.59. The van der Waals surface area contributed by atoms with Crippen molar-refractivity contribution in [1.29, 1.82) is 0 Å². The van der Waals surface area contributed by atoms with Crippen molar-refractivity contribution in [3.63, 3.8) is 0 Å². The van der Waals surface area contributed by atoms with E-state index in [0.717, 1.165) is 45.3 Å². The van der Waals surface area contributed by atoms with E-state index >= 15 is 0 Å². The highest BCUT2D eigenvalue weighted by atomic mass is 15.3. The zero-order valence-electron chi connectivity index (χ0n) is 32.7. The maximum absolute atomic E-state index is 4.80. The lowest BCUT2D eigenvalue weighted by molar-refractivity contribution is 1.07. The molecule has 0 saturated carbocycles. The molecule has 0 radical (unpaired) electrons. The molecule has 11 aromatic rings. The van der Waals surface area contributed by atoms with E-state index in [1.807, 2.05) is 12.1 Å². The van der Waals surface area contributed by atoms with Crippen molar-refractivity contribution in [3.05, 3.63) is 231 Å². The van der Waals surface area contributed by atoms with Crippen LogP contribution in [0.4, 0.5) is 0 Å². The molecule has 0 aliphatic heterocycles. The Morgan fingerprint density at radius 3 is 1.25 bits per heavy atom. The van der Waals surface area contributed by atoms with Gasteiger partial charge in [0.2, 0.25) is 0 Å². The van der Waals surface area contributed by atoms with Crippen LogP contribution >= 0.6 is 0 Å². The van der Waals surface area contributed by atoms with Gasteiger partial charge in [-0.2, -0.15) is 0 Å². The molecule has 0 atom stereocenters. The minimum atomic E-state index is 0.789. The molecule has 0 saturated heterocycles. The molecule has 0 spiro atoms. The Morgan fingerprint density at radius 1 is 0.250 bits per heavy atom. The molecule has 4 heteroatoms. The van der Waals surface area contributed by atoms with Crippen LogP contribution in [0.5, 0.6) is 0 Å². The minimum Gasteiger partial charge on any atom is -0.309 e. The molecule has 4 nitrogen and oxygen atoms in total. The fourth-order valence-electron chi connectivity index (χ4n) is 8.66. The molecule has 0 bridgehead atoms. The summed E-state index contributed by atoms with van der Waals surface area (Å²) in [5.41, 5.74) is 16.0. The van der Waals surface area contributed by atoms with Crippen LogP contribution in [0.15, 0.2) is 231 Å². The third-order valence-electron chi connectivity index (χ3n) is 11.5. The SMILES string of the molecule is c1ccc(-c2ccc(-c3nnc(-c4ccc(-c5ccccc5-c5ccccc5-c5ccc6c(c5)c5ccccc5n6-c5ccccc5)cc4)n3-c3ccccc3)cc2)cc1. The summed E-state index contributed by atoms with van der Waals surface area (Å²) in [7, 11) is 0. The number of nitrogens with zero attached hydrogens (tertiary/aromatic N) is 4. The quantitative estimate of drug-likeness (QED) is 0.154. The van der Waals surface area contributed by atoms with Crippen LogP contribution in [0.25, 0.3) is 100 Å². The lowest BCUT2D eigenvalue weighted by Crippen LogP contribution is -2.00. The van der Waals surface area contributed by atoms with E-state index in [1.54, 1.807) is 0 Å². The van der Waals surface area contributed by atoms with Gasteiger partial charge in [0.05, 0.1) is 11.0 Å². The number of hydrogen-bond donors (Lipinski definition) is 0. The van der Waals surface area contributed by atoms with Crippen LogP contribution < -0.4 is 0 Å². The van der Waals surface area contributed by atoms with Crippen LogP contribution in [0.1, 0.15) is 0 Å². The smallest absolute Gasteiger partial charge is 0.168 e. The maximum Gasteiger partial charge on any atom is 0.168 e. The Bertz CT molecular complexity index is 3270. The monoisotopic (exact) mass is 766 g/mol. The van der Waals surface area contributed by atoms with E-state index in [0.29, 0.717) is 0 Å². The van der Waals surface area contributed by atoms with Crippen molar-refractivity contribution in [3.8, 4) is 78.7 Å². The predicted octanol–water partition coefficient (Wildman–Crippen LogP) is 14.4. The van der Waals surface area contributed by atoms with Crippen LogP contribution in [0, 0.1) is 0 Å². The Balaban J connectivity index is 0.968. The van der Waals surface area contributed by atoms with Gasteiger partial charge in [0.15, 0.2) is 11.6 Å². The average molecular weight is 767 g/mol. The summed E-state index contributed by atoms with van der Waals surface area (Å²) in [6.45, 7) is 0. The van der Waals surface area contributed by atoms with E-state index in [9.17, 15) is 0 Å². The van der Waals surface area contributed by atoms with E-state index < -0.39 is 0 Å². The van der Waals surface area contributed by atoms with E-state index in [2.05, 4.69) is 228 Å². The summed E-state index contributed by atoms with van der Waals surface area (Å²) in [6, 6.07) is 81.9. The summed E-state index contributed by atoms with van der Waals surface area (Å²) in [5, 5.41) is 12.1. The van der Waals surface area contributed by atoms with Crippen molar-refractivity contribution in [2.24, 2.45) is 0 Å². The van der Waals surface area contributed by atoms with Gasteiger partial charge in [-0.05, 0) is 87.0 Å². The average Bonchev–Trinajstić information content (AvgIpc) is 3.93. The molecule has 282 valence electrons. The normalized spacial score (nSPS) is 11.3. The van der Waals surface area contributed by atoms with Gasteiger partial charge in [0, 0.05) is 33.3 Å². The van der Waals surface area contributed by atoms with Crippen molar-refractivity contribution in [1.82, 2.24) is 19.3 Å². The molecule has 11 rings (SSSR count). The van der Waals surface area contributed by atoms with Gasteiger partial charge in [-0.25, -0.2) is 0 Å². The first-order chi connectivity index (χ1) is 29.8. The number of fused-ring (bicyclic) bond motifs is 3. The van der Waals surface area contributed by atoms with E-state index in [1.165, 1.54) is 55.2 Å². The molecular weight excluding hydrogens is 729 g/mol. The zero-order chi connectivity index (χ0) is 39.8. The first-order valence-electron chi connectivity index (χ1n) is 20.3. The molecule has 9 aromatic carbocycles. The first-order valence-corrected chi connectivity index (χ1v) is 20.3. The zero-order valence-corrected chi connectivity index (χ0v) is 32.7. The van der Waals surface area contributed by atoms with Crippen LogP contribution in [0.2, 0.25) is 0 Å². The second kappa shape index (κ2) is 15.0. The Hall–Kier alpha value is -8.08. The maximum atomic E-state index is 4.80. The highest BCUT2D eigenvalue weighted by molar-refractivity contribution is 6.11. The van der Waals surface area contributed by atoms with Gasteiger partial charge >= 0.3 is 0 Å². The van der Waals surface area contributed by atoms with Gasteiger partial charge in [0.25, 0.3) is 0 Å². The third kappa shape index (κ3) is 6.19. The largest absolute Gasteiger partial charge is 0.309 e. The molecule has 0 amide bonds. The molecule has 0 fully saturated rings. The van der Waals surface area contributed by atoms with Crippen molar-refractivity contribution < 1.29 is 0 Å².